The number of anilines is 1. The van der Waals surface area contributed by atoms with E-state index in [1.807, 2.05) is 55.1 Å². The highest BCUT2D eigenvalue weighted by molar-refractivity contribution is 6.30. The smallest absolute Gasteiger partial charge is 0.276 e. The van der Waals surface area contributed by atoms with Crippen molar-refractivity contribution in [3.8, 4) is 11.3 Å². The molecule has 9 nitrogen and oxygen atoms in total. The highest BCUT2D eigenvalue weighted by atomic mass is 35.5. The summed E-state index contributed by atoms with van der Waals surface area (Å²) in [4.78, 5) is 17.2. The number of carbonyl (C=O) groups excluding carboxylic acids is 1. The molecule has 5 aromatic rings. The van der Waals surface area contributed by atoms with E-state index in [2.05, 4.69) is 25.6 Å². The van der Waals surface area contributed by atoms with E-state index in [1.54, 1.807) is 33.9 Å². The van der Waals surface area contributed by atoms with Gasteiger partial charge in [0.25, 0.3) is 5.91 Å². The van der Waals surface area contributed by atoms with Gasteiger partial charge in [0, 0.05) is 41.3 Å². The zero-order valence-corrected chi connectivity index (χ0v) is 18.9. The summed E-state index contributed by atoms with van der Waals surface area (Å²) in [6, 6.07) is 11.1. The number of aryl methyl sites for hydroxylation is 1. The highest BCUT2D eigenvalue weighted by Gasteiger charge is 2.17. The van der Waals surface area contributed by atoms with Crippen LogP contribution in [0.25, 0.3) is 16.9 Å². The van der Waals surface area contributed by atoms with Crippen molar-refractivity contribution in [2.75, 3.05) is 5.32 Å². The van der Waals surface area contributed by atoms with E-state index in [1.165, 1.54) is 0 Å². The van der Waals surface area contributed by atoms with Crippen LogP contribution in [0.5, 0.6) is 0 Å². The average molecular weight is 461 g/mol. The van der Waals surface area contributed by atoms with E-state index in [9.17, 15) is 4.79 Å². The van der Waals surface area contributed by atoms with Gasteiger partial charge in [-0.1, -0.05) is 23.7 Å². The minimum Gasteiger partial charge on any atom is -0.318 e. The van der Waals surface area contributed by atoms with Crippen LogP contribution in [0.2, 0.25) is 5.02 Å². The molecule has 4 heterocycles. The molecule has 0 aliphatic heterocycles. The van der Waals surface area contributed by atoms with Gasteiger partial charge in [0.15, 0.2) is 11.3 Å². The summed E-state index contributed by atoms with van der Waals surface area (Å²) in [5.74, 6) is -0.338. The molecular weight excluding hydrogens is 440 g/mol. The third kappa shape index (κ3) is 4.10. The molecule has 10 heteroatoms. The lowest BCUT2D eigenvalue weighted by molar-refractivity contribution is 0.102. The van der Waals surface area contributed by atoms with E-state index >= 15 is 0 Å². The number of nitrogens with zero attached hydrogens (tertiary/aromatic N) is 7. The molecule has 0 radical (unpaired) electrons. The monoisotopic (exact) mass is 460 g/mol. The van der Waals surface area contributed by atoms with E-state index in [4.69, 9.17) is 11.6 Å². The quantitative estimate of drug-likeness (QED) is 0.412. The molecule has 0 saturated carbocycles. The average Bonchev–Trinajstić information content (AvgIpc) is 3.52. The first-order chi connectivity index (χ1) is 16.0. The van der Waals surface area contributed by atoms with Gasteiger partial charge in [-0.05, 0) is 37.6 Å². The number of fused-ring (bicyclic) bond motifs is 1. The van der Waals surface area contributed by atoms with Gasteiger partial charge >= 0.3 is 0 Å². The van der Waals surface area contributed by atoms with Crippen LogP contribution in [0.3, 0.4) is 0 Å². The molecule has 4 aromatic heterocycles. The van der Waals surface area contributed by atoms with Gasteiger partial charge in [0.1, 0.15) is 0 Å². The van der Waals surface area contributed by atoms with Crippen LogP contribution in [0.1, 0.15) is 28.7 Å². The van der Waals surface area contributed by atoms with Gasteiger partial charge in [0.05, 0.1) is 30.3 Å². The van der Waals surface area contributed by atoms with Crippen molar-refractivity contribution in [2.24, 2.45) is 0 Å². The number of hydrogen-bond acceptors (Lipinski definition) is 5. The Kier molecular flexibility index (Phi) is 5.39. The molecule has 0 aliphatic carbocycles. The maximum atomic E-state index is 12.9. The fourth-order valence-electron chi connectivity index (χ4n) is 3.76. The van der Waals surface area contributed by atoms with Gasteiger partial charge in [-0.3, -0.25) is 14.2 Å². The Hall–Kier alpha value is -3.98. The van der Waals surface area contributed by atoms with Crippen molar-refractivity contribution in [2.45, 2.75) is 26.9 Å². The second-order valence-corrected chi connectivity index (χ2v) is 8.04. The van der Waals surface area contributed by atoms with Crippen LogP contribution >= 0.6 is 11.6 Å². The number of carbonyl (C=O) groups is 1. The third-order valence-electron chi connectivity index (χ3n) is 5.39. The summed E-state index contributed by atoms with van der Waals surface area (Å²) < 4.78 is 5.32. The predicted octanol–water partition coefficient (Wildman–Crippen LogP) is 4.07. The first-order valence-electron chi connectivity index (χ1n) is 10.5. The standard InChI is InChI=1S/C23H21ClN8O/c1-3-31-15(2)19(12-27-31)21-7-8-25-22-10-20(29-32(21)22)23(33)28-18-11-26-30(14-18)13-16-5-4-6-17(24)9-16/h4-12,14H,3,13H2,1-2H3,(H,28,33). The number of hydrogen-bond donors (Lipinski definition) is 1. The van der Waals surface area contributed by atoms with Crippen molar-refractivity contribution in [1.82, 2.24) is 34.2 Å². The maximum Gasteiger partial charge on any atom is 0.276 e. The summed E-state index contributed by atoms with van der Waals surface area (Å²) in [5.41, 5.74) is 5.23. The summed E-state index contributed by atoms with van der Waals surface area (Å²) in [6.07, 6.45) is 6.88. The second-order valence-electron chi connectivity index (χ2n) is 7.60. The summed E-state index contributed by atoms with van der Waals surface area (Å²) in [7, 11) is 0. The topological polar surface area (TPSA) is 94.9 Å². The van der Waals surface area contributed by atoms with Crippen molar-refractivity contribution in [3.63, 3.8) is 0 Å². The van der Waals surface area contributed by atoms with Crippen LogP contribution in [0.4, 0.5) is 5.69 Å². The zero-order valence-electron chi connectivity index (χ0n) is 18.1. The second kappa shape index (κ2) is 8.51. The Balaban J connectivity index is 1.37. The minimum atomic E-state index is -0.338. The molecule has 0 bridgehead atoms. The lowest BCUT2D eigenvalue weighted by Gasteiger charge is -2.04. The molecule has 0 aliphatic rings. The zero-order chi connectivity index (χ0) is 22.9. The largest absolute Gasteiger partial charge is 0.318 e. The van der Waals surface area contributed by atoms with Gasteiger partial charge in [-0.25, -0.2) is 9.50 Å². The summed E-state index contributed by atoms with van der Waals surface area (Å²) in [6.45, 7) is 5.37. The van der Waals surface area contributed by atoms with E-state index in [0.717, 1.165) is 29.1 Å². The summed E-state index contributed by atoms with van der Waals surface area (Å²) >= 11 is 6.05. The molecule has 0 unspecified atom stereocenters. The number of halogens is 1. The van der Waals surface area contributed by atoms with Gasteiger partial charge in [0.2, 0.25) is 0 Å². The Bertz CT molecular complexity index is 1460. The van der Waals surface area contributed by atoms with Gasteiger partial charge in [-0.2, -0.15) is 15.3 Å². The number of rotatable bonds is 6. The van der Waals surface area contributed by atoms with Gasteiger partial charge < -0.3 is 5.32 Å². The van der Waals surface area contributed by atoms with Crippen LogP contribution in [-0.2, 0) is 13.1 Å². The molecule has 166 valence electrons. The Morgan fingerprint density at radius 1 is 1.15 bits per heavy atom. The number of benzene rings is 1. The fourth-order valence-corrected chi connectivity index (χ4v) is 3.97. The number of aromatic nitrogens is 7. The molecule has 0 atom stereocenters. The van der Waals surface area contributed by atoms with Crippen LogP contribution in [-0.4, -0.2) is 40.1 Å². The first kappa shape index (κ1) is 20.9. The molecule has 33 heavy (non-hydrogen) atoms. The molecule has 1 aromatic carbocycles. The molecular formula is C23H21ClN8O. The van der Waals surface area contributed by atoms with Crippen molar-refractivity contribution in [1.29, 1.82) is 0 Å². The molecule has 0 spiro atoms. The molecule has 5 rings (SSSR count). The lowest BCUT2D eigenvalue weighted by atomic mass is 10.2. The van der Waals surface area contributed by atoms with Crippen molar-refractivity contribution >= 4 is 28.8 Å². The Morgan fingerprint density at radius 2 is 2.03 bits per heavy atom. The van der Waals surface area contributed by atoms with Gasteiger partial charge in [-0.15, -0.1) is 0 Å². The van der Waals surface area contributed by atoms with E-state index in [-0.39, 0.29) is 11.6 Å². The SMILES string of the molecule is CCn1ncc(-c2ccnc3cc(C(=O)Nc4cnn(Cc5cccc(Cl)c5)c4)nn23)c1C. The predicted molar refractivity (Wildman–Crippen MR) is 125 cm³/mol. The van der Waals surface area contributed by atoms with Crippen molar-refractivity contribution in [3.05, 3.63) is 83.2 Å². The van der Waals surface area contributed by atoms with Crippen LogP contribution in [0.15, 0.2) is 61.2 Å². The van der Waals surface area contributed by atoms with Crippen LogP contribution in [0, 0.1) is 6.92 Å². The molecule has 0 saturated heterocycles. The third-order valence-corrected chi connectivity index (χ3v) is 5.63. The van der Waals surface area contributed by atoms with E-state index in [0.29, 0.717) is 22.9 Å². The number of amides is 1. The van der Waals surface area contributed by atoms with E-state index < -0.39 is 0 Å². The Morgan fingerprint density at radius 3 is 2.82 bits per heavy atom. The number of nitrogens with one attached hydrogen (secondary N) is 1. The first-order valence-corrected chi connectivity index (χ1v) is 10.9. The minimum absolute atomic E-state index is 0.262. The highest BCUT2D eigenvalue weighted by Crippen LogP contribution is 2.24. The van der Waals surface area contributed by atoms with Crippen molar-refractivity contribution < 1.29 is 4.79 Å². The fraction of sp³-hybridized carbons (Fsp3) is 0.174. The molecule has 1 amide bonds. The lowest BCUT2D eigenvalue weighted by Crippen LogP contribution is -2.12. The molecule has 0 fully saturated rings. The summed E-state index contributed by atoms with van der Waals surface area (Å²) in [5, 5.41) is 16.8. The Labute approximate surface area is 194 Å². The molecule has 1 N–H and O–H groups in total. The van der Waals surface area contributed by atoms with Crippen LogP contribution < -0.4 is 5.32 Å². The maximum absolute atomic E-state index is 12.9. The normalized spacial score (nSPS) is 11.2.